The molecule has 8 heteroatoms. The van der Waals surface area contributed by atoms with Crippen LogP contribution in [0.4, 0.5) is 5.69 Å². The van der Waals surface area contributed by atoms with Gasteiger partial charge in [-0.3, -0.25) is 10.1 Å². The van der Waals surface area contributed by atoms with E-state index in [9.17, 15) is 13.2 Å². The number of hydrogen-bond acceptors (Lipinski definition) is 4. The summed E-state index contributed by atoms with van der Waals surface area (Å²) in [5.74, 6) is 0.0829. The monoisotopic (exact) mass is 419 g/mol. The van der Waals surface area contributed by atoms with E-state index in [1.807, 2.05) is 19.1 Å². The van der Waals surface area contributed by atoms with Gasteiger partial charge in [0.25, 0.3) is 5.91 Å². The van der Waals surface area contributed by atoms with Crippen molar-refractivity contribution < 1.29 is 13.2 Å². The maximum atomic E-state index is 12.3. The molecule has 1 amide bonds. The Morgan fingerprint density at radius 2 is 1.64 bits per heavy atom. The van der Waals surface area contributed by atoms with Crippen molar-refractivity contribution >= 4 is 38.9 Å². The summed E-state index contributed by atoms with van der Waals surface area (Å²) in [4.78, 5) is 12.5. The number of carbonyl (C=O) groups excluding carboxylic acids is 1. The average molecular weight is 420 g/mol. The molecule has 0 radical (unpaired) electrons. The summed E-state index contributed by atoms with van der Waals surface area (Å²) in [5, 5.41) is 5.63. The molecule has 0 bridgehead atoms. The van der Waals surface area contributed by atoms with Gasteiger partial charge in [0, 0.05) is 17.8 Å². The van der Waals surface area contributed by atoms with Gasteiger partial charge in [0.1, 0.15) is 0 Å². The molecule has 0 saturated heterocycles. The smallest absolute Gasteiger partial charge is 0.257 e. The highest BCUT2D eigenvalue weighted by molar-refractivity contribution is 7.89. The second kappa shape index (κ2) is 9.77. The lowest BCUT2D eigenvalue weighted by atomic mass is 10.0. The third kappa shape index (κ3) is 6.12. The van der Waals surface area contributed by atoms with Gasteiger partial charge in [-0.25, -0.2) is 13.1 Å². The molecule has 150 valence electrons. The van der Waals surface area contributed by atoms with Gasteiger partial charge < -0.3 is 5.32 Å². The van der Waals surface area contributed by atoms with Crippen LogP contribution >= 0.6 is 12.2 Å². The summed E-state index contributed by atoms with van der Waals surface area (Å²) >= 11 is 5.17. The van der Waals surface area contributed by atoms with E-state index in [2.05, 4.69) is 29.2 Å². The molecule has 0 unspecified atom stereocenters. The molecule has 0 aliphatic carbocycles. The van der Waals surface area contributed by atoms with Crippen LogP contribution in [-0.2, 0) is 10.0 Å². The number of carbonyl (C=O) groups is 1. The number of rotatable bonds is 7. The Morgan fingerprint density at radius 1 is 1.04 bits per heavy atom. The Kier molecular flexibility index (Phi) is 7.68. The maximum Gasteiger partial charge on any atom is 0.257 e. The van der Waals surface area contributed by atoms with E-state index in [1.54, 1.807) is 24.3 Å². The highest BCUT2D eigenvalue weighted by atomic mass is 32.2. The van der Waals surface area contributed by atoms with Crippen LogP contribution in [-0.4, -0.2) is 26.0 Å². The van der Waals surface area contributed by atoms with Crippen molar-refractivity contribution in [2.75, 3.05) is 11.9 Å². The van der Waals surface area contributed by atoms with E-state index in [-0.39, 0.29) is 15.9 Å². The summed E-state index contributed by atoms with van der Waals surface area (Å²) in [6.45, 7) is 6.45. The second-order valence-corrected chi connectivity index (χ2v) is 8.78. The van der Waals surface area contributed by atoms with Crippen LogP contribution in [0.2, 0.25) is 0 Å². The van der Waals surface area contributed by atoms with Gasteiger partial charge in [0.15, 0.2) is 5.11 Å². The average Bonchev–Trinajstić information content (AvgIpc) is 2.66. The predicted octanol–water partition coefficient (Wildman–Crippen LogP) is 3.63. The molecule has 0 aromatic heterocycles. The fourth-order valence-electron chi connectivity index (χ4n) is 2.39. The lowest BCUT2D eigenvalue weighted by Crippen LogP contribution is -2.34. The van der Waals surface area contributed by atoms with Crippen molar-refractivity contribution in [3.05, 3.63) is 59.7 Å². The molecular weight excluding hydrogens is 394 g/mol. The zero-order valence-electron chi connectivity index (χ0n) is 16.2. The van der Waals surface area contributed by atoms with Gasteiger partial charge in [-0.2, -0.15) is 0 Å². The van der Waals surface area contributed by atoms with Crippen LogP contribution in [0.5, 0.6) is 0 Å². The van der Waals surface area contributed by atoms with Crippen molar-refractivity contribution in [1.29, 1.82) is 0 Å². The first kappa shape index (κ1) is 22.0. The number of hydrogen-bond donors (Lipinski definition) is 3. The van der Waals surface area contributed by atoms with Gasteiger partial charge in [-0.1, -0.05) is 32.9 Å². The number of amides is 1. The van der Waals surface area contributed by atoms with Gasteiger partial charge in [-0.15, -0.1) is 0 Å². The number of sulfonamides is 1. The number of benzene rings is 2. The molecule has 0 heterocycles. The summed E-state index contributed by atoms with van der Waals surface area (Å²) in [6.07, 6.45) is 0.715. The molecule has 0 fully saturated rings. The zero-order chi connectivity index (χ0) is 20.7. The standard InChI is InChI=1S/C20H25N3O3S2/c1-4-13-21-28(25,26)18-11-9-17(10-12-18)22-20(27)23-19(24)16-7-5-15(6-8-16)14(2)3/h5-12,14,21H,4,13H2,1-3H3,(H2,22,23,24,27). The van der Waals surface area contributed by atoms with E-state index in [4.69, 9.17) is 12.2 Å². The van der Waals surface area contributed by atoms with Crippen molar-refractivity contribution in [2.45, 2.75) is 38.0 Å². The van der Waals surface area contributed by atoms with Crippen molar-refractivity contribution in [3.8, 4) is 0 Å². The Hall–Kier alpha value is -2.29. The Labute approximate surface area is 171 Å². The summed E-state index contributed by atoms with van der Waals surface area (Å²) in [5.41, 5.74) is 2.24. The first-order chi connectivity index (χ1) is 13.2. The molecule has 0 aliphatic rings. The number of nitrogens with one attached hydrogen (secondary N) is 3. The minimum Gasteiger partial charge on any atom is -0.332 e. The van der Waals surface area contributed by atoms with Gasteiger partial charge >= 0.3 is 0 Å². The van der Waals surface area contributed by atoms with Crippen molar-refractivity contribution in [1.82, 2.24) is 10.0 Å². The topological polar surface area (TPSA) is 87.3 Å². The van der Waals surface area contributed by atoms with Crippen LogP contribution < -0.4 is 15.4 Å². The highest BCUT2D eigenvalue weighted by Gasteiger charge is 2.13. The third-order valence-electron chi connectivity index (χ3n) is 4.03. The largest absolute Gasteiger partial charge is 0.332 e. The van der Waals surface area contributed by atoms with E-state index < -0.39 is 10.0 Å². The first-order valence-corrected chi connectivity index (χ1v) is 10.9. The maximum absolute atomic E-state index is 12.3. The highest BCUT2D eigenvalue weighted by Crippen LogP contribution is 2.15. The molecular formula is C20H25N3O3S2. The molecule has 2 rings (SSSR count). The van der Waals surface area contributed by atoms with Gasteiger partial charge in [0.2, 0.25) is 10.0 Å². The molecule has 2 aromatic rings. The normalized spacial score (nSPS) is 11.3. The number of thiocarbonyl (C=S) groups is 1. The molecule has 2 aromatic carbocycles. The summed E-state index contributed by atoms with van der Waals surface area (Å²) in [6, 6.07) is 13.5. The van der Waals surface area contributed by atoms with Gasteiger partial charge in [0.05, 0.1) is 4.90 Å². The predicted molar refractivity (Wildman–Crippen MR) is 116 cm³/mol. The quantitative estimate of drug-likeness (QED) is 0.597. The van der Waals surface area contributed by atoms with Crippen molar-refractivity contribution in [3.63, 3.8) is 0 Å². The van der Waals surface area contributed by atoms with Crippen LogP contribution in [0.1, 0.15) is 49.0 Å². The summed E-state index contributed by atoms with van der Waals surface area (Å²) < 4.78 is 26.7. The Balaban J connectivity index is 1.96. The van der Waals surface area contributed by atoms with E-state index >= 15 is 0 Å². The van der Waals surface area contributed by atoms with Crippen LogP contribution in [0, 0.1) is 0 Å². The lowest BCUT2D eigenvalue weighted by molar-refractivity contribution is 0.0977. The SMILES string of the molecule is CCCNS(=O)(=O)c1ccc(NC(=S)NC(=O)c2ccc(C(C)C)cc2)cc1. The van der Waals surface area contributed by atoms with E-state index in [1.165, 1.54) is 12.1 Å². The van der Waals surface area contributed by atoms with E-state index in [0.29, 0.717) is 30.1 Å². The molecule has 0 atom stereocenters. The lowest BCUT2D eigenvalue weighted by Gasteiger charge is -2.11. The molecule has 28 heavy (non-hydrogen) atoms. The minimum absolute atomic E-state index is 0.137. The van der Waals surface area contributed by atoms with Gasteiger partial charge in [-0.05, 0) is 66.5 Å². The minimum atomic E-state index is -3.51. The molecule has 0 spiro atoms. The second-order valence-electron chi connectivity index (χ2n) is 6.61. The molecule has 0 aliphatic heterocycles. The Bertz CT molecular complexity index is 922. The van der Waals surface area contributed by atoms with Crippen LogP contribution in [0.3, 0.4) is 0 Å². The first-order valence-electron chi connectivity index (χ1n) is 9.05. The van der Waals surface area contributed by atoms with Crippen LogP contribution in [0.15, 0.2) is 53.4 Å². The fraction of sp³-hybridized carbons (Fsp3) is 0.300. The third-order valence-corrected chi connectivity index (χ3v) is 5.71. The Morgan fingerprint density at radius 3 is 2.18 bits per heavy atom. The molecule has 0 saturated carbocycles. The fourth-order valence-corrected chi connectivity index (χ4v) is 3.74. The number of anilines is 1. The summed E-state index contributed by atoms with van der Waals surface area (Å²) in [7, 11) is -3.51. The molecule has 3 N–H and O–H groups in total. The molecule has 6 nitrogen and oxygen atoms in total. The van der Waals surface area contributed by atoms with E-state index in [0.717, 1.165) is 5.56 Å². The van der Waals surface area contributed by atoms with Crippen LogP contribution in [0.25, 0.3) is 0 Å². The zero-order valence-corrected chi connectivity index (χ0v) is 17.8. The van der Waals surface area contributed by atoms with Crippen molar-refractivity contribution in [2.24, 2.45) is 0 Å².